The van der Waals surface area contributed by atoms with Crippen molar-refractivity contribution in [3.05, 3.63) is 64.2 Å². The second kappa shape index (κ2) is 9.99. The topological polar surface area (TPSA) is 88.0 Å². The molecule has 0 bridgehead atoms. The van der Waals surface area contributed by atoms with Crippen LogP contribution in [0.2, 0.25) is 5.02 Å². The van der Waals surface area contributed by atoms with Crippen molar-refractivity contribution in [1.82, 2.24) is 5.43 Å². The van der Waals surface area contributed by atoms with Gasteiger partial charge in [-0.25, -0.2) is 5.43 Å². The van der Waals surface area contributed by atoms with Gasteiger partial charge in [0, 0.05) is 21.9 Å². The zero-order valence-electron chi connectivity index (χ0n) is 14.9. The van der Waals surface area contributed by atoms with Crippen LogP contribution in [0, 0.1) is 0 Å². The SMILES string of the molecule is COc1ccc(/C(C)=N\NC(=O)c2ccc(Cl)cc2)cc1CSCC(=O)O. The Morgan fingerprint density at radius 1 is 1.19 bits per heavy atom. The fourth-order valence-electron chi connectivity index (χ4n) is 2.23. The average Bonchev–Trinajstić information content (AvgIpc) is 2.66. The summed E-state index contributed by atoms with van der Waals surface area (Å²) in [5, 5.41) is 13.5. The van der Waals surface area contributed by atoms with Gasteiger partial charge in [-0.1, -0.05) is 11.6 Å². The van der Waals surface area contributed by atoms with Crippen LogP contribution in [0.25, 0.3) is 0 Å². The smallest absolute Gasteiger partial charge is 0.313 e. The number of hydrogen-bond acceptors (Lipinski definition) is 5. The van der Waals surface area contributed by atoms with Crippen LogP contribution in [0.15, 0.2) is 47.6 Å². The Balaban J connectivity index is 2.10. The van der Waals surface area contributed by atoms with Crippen LogP contribution >= 0.6 is 23.4 Å². The first-order chi connectivity index (χ1) is 12.9. The van der Waals surface area contributed by atoms with Gasteiger partial charge in [-0.05, 0) is 55.0 Å². The minimum absolute atomic E-state index is 0.0115. The largest absolute Gasteiger partial charge is 0.496 e. The van der Waals surface area contributed by atoms with Crippen molar-refractivity contribution in [3.63, 3.8) is 0 Å². The molecule has 2 aromatic carbocycles. The van der Waals surface area contributed by atoms with Gasteiger partial charge >= 0.3 is 5.97 Å². The number of hydrazone groups is 1. The van der Waals surface area contributed by atoms with E-state index in [4.69, 9.17) is 21.4 Å². The number of methoxy groups -OCH3 is 1. The Kier molecular flexibility index (Phi) is 7.69. The van der Waals surface area contributed by atoms with E-state index in [2.05, 4.69) is 10.5 Å². The van der Waals surface area contributed by atoms with Gasteiger partial charge in [-0.15, -0.1) is 11.8 Å². The fraction of sp³-hybridized carbons (Fsp3) is 0.211. The van der Waals surface area contributed by atoms with Crippen molar-refractivity contribution in [3.8, 4) is 5.75 Å². The molecule has 0 aliphatic heterocycles. The van der Waals surface area contributed by atoms with Crippen molar-refractivity contribution >= 4 is 41.0 Å². The highest BCUT2D eigenvalue weighted by molar-refractivity contribution is 7.99. The first-order valence-corrected chi connectivity index (χ1v) is 9.51. The maximum absolute atomic E-state index is 12.1. The maximum Gasteiger partial charge on any atom is 0.313 e. The number of amides is 1. The third-order valence-corrected chi connectivity index (χ3v) is 4.83. The molecule has 2 aromatic rings. The molecule has 0 aliphatic rings. The summed E-state index contributed by atoms with van der Waals surface area (Å²) in [5.74, 6) is -0.0186. The molecule has 0 aromatic heterocycles. The summed E-state index contributed by atoms with van der Waals surface area (Å²) >= 11 is 7.09. The number of hydrogen-bond donors (Lipinski definition) is 2. The molecule has 0 atom stereocenters. The van der Waals surface area contributed by atoms with E-state index in [1.54, 1.807) is 44.4 Å². The predicted molar refractivity (Wildman–Crippen MR) is 108 cm³/mol. The summed E-state index contributed by atoms with van der Waals surface area (Å²) in [6.45, 7) is 1.78. The van der Waals surface area contributed by atoms with E-state index in [1.165, 1.54) is 11.8 Å². The molecule has 27 heavy (non-hydrogen) atoms. The third kappa shape index (κ3) is 6.30. The molecule has 2 N–H and O–H groups in total. The van der Waals surface area contributed by atoms with E-state index < -0.39 is 5.97 Å². The van der Waals surface area contributed by atoms with E-state index in [0.29, 0.717) is 27.8 Å². The molecule has 6 nitrogen and oxygen atoms in total. The molecule has 0 saturated heterocycles. The highest BCUT2D eigenvalue weighted by Gasteiger charge is 2.09. The van der Waals surface area contributed by atoms with Gasteiger partial charge in [0.05, 0.1) is 18.6 Å². The van der Waals surface area contributed by atoms with Gasteiger partial charge in [0.2, 0.25) is 0 Å². The quantitative estimate of drug-likeness (QED) is 0.514. The standard InChI is InChI=1S/C19H19ClN2O4S/c1-12(21-22-19(25)13-3-6-16(20)7-4-13)14-5-8-17(26-2)15(9-14)10-27-11-18(23)24/h3-9H,10-11H2,1-2H3,(H,22,25)(H,23,24)/b21-12-. The minimum atomic E-state index is -0.863. The van der Waals surface area contributed by atoms with Crippen molar-refractivity contribution in [2.45, 2.75) is 12.7 Å². The average molecular weight is 407 g/mol. The number of nitrogens with one attached hydrogen (secondary N) is 1. The second-order valence-corrected chi connectivity index (χ2v) is 6.98. The van der Waals surface area contributed by atoms with E-state index in [-0.39, 0.29) is 11.7 Å². The predicted octanol–water partition coefficient (Wildman–Crippen LogP) is 3.82. The first kappa shape index (κ1) is 20.8. The number of carbonyl (C=O) groups is 2. The highest BCUT2D eigenvalue weighted by atomic mass is 35.5. The molecule has 0 heterocycles. The fourth-order valence-corrected chi connectivity index (χ4v) is 3.08. The number of ether oxygens (including phenoxy) is 1. The molecular formula is C19H19ClN2O4S. The van der Waals surface area contributed by atoms with Crippen molar-refractivity contribution in [2.75, 3.05) is 12.9 Å². The summed E-state index contributed by atoms with van der Waals surface area (Å²) in [4.78, 5) is 22.8. The van der Waals surface area contributed by atoms with Crippen molar-refractivity contribution in [1.29, 1.82) is 0 Å². The Bertz CT molecular complexity index is 853. The normalized spacial score (nSPS) is 11.1. The summed E-state index contributed by atoms with van der Waals surface area (Å²) in [7, 11) is 1.56. The Morgan fingerprint density at radius 3 is 2.48 bits per heavy atom. The summed E-state index contributed by atoms with van der Waals surface area (Å²) < 4.78 is 5.32. The zero-order valence-corrected chi connectivity index (χ0v) is 16.4. The van der Waals surface area contributed by atoms with Crippen LogP contribution in [0.5, 0.6) is 5.75 Å². The molecule has 1 amide bonds. The summed E-state index contributed by atoms with van der Waals surface area (Å²) in [6, 6.07) is 12.0. The Labute approximate surface area is 166 Å². The summed E-state index contributed by atoms with van der Waals surface area (Å²) in [5.41, 5.74) is 5.25. The Hall–Kier alpha value is -2.51. The van der Waals surface area contributed by atoms with Gasteiger partial charge in [-0.2, -0.15) is 5.10 Å². The second-order valence-electron chi connectivity index (χ2n) is 5.56. The minimum Gasteiger partial charge on any atom is -0.496 e. The molecule has 0 unspecified atom stereocenters. The van der Waals surface area contributed by atoms with Gasteiger partial charge in [0.1, 0.15) is 5.75 Å². The van der Waals surface area contributed by atoms with E-state index in [1.807, 2.05) is 12.1 Å². The molecule has 2 rings (SSSR count). The lowest BCUT2D eigenvalue weighted by atomic mass is 10.1. The molecule has 0 fully saturated rings. The van der Waals surface area contributed by atoms with Crippen LogP contribution in [0.1, 0.15) is 28.4 Å². The number of carboxylic acid groups (broad SMARTS) is 1. The lowest BCUT2D eigenvalue weighted by molar-refractivity contribution is -0.133. The number of thioether (sulfide) groups is 1. The third-order valence-electron chi connectivity index (χ3n) is 3.61. The van der Waals surface area contributed by atoms with E-state index in [0.717, 1.165) is 11.1 Å². The number of halogens is 1. The molecule has 0 aliphatic carbocycles. The number of nitrogens with zero attached hydrogens (tertiary/aromatic N) is 1. The van der Waals surface area contributed by atoms with Crippen molar-refractivity contribution < 1.29 is 19.4 Å². The number of rotatable bonds is 8. The molecule has 8 heteroatoms. The molecular weight excluding hydrogens is 388 g/mol. The van der Waals surface area contributed by atoms with Crippen LogP contribution in [-0.4, -0.2) is 35.6 Å². The lowest BCUT2D eigenvalue weighted by Gasteiger charge is -2.10. The van der Waals surface area contributed by atoms with Crippen LogP contribution < -0.4 is 10.2 Å². The Morgan fingerprint density at radius 2 is 1.85 bits per heavy atom. The first-order valence-electron chi connectivity index (χ1n) is 7.97. The van der Waals surface area contributed by atoms with Crippen molar-refractivity contribution in [2.24, 2.45) is 5.10 Å². The number of aliphatic carboxylic acids is 1. The number of carbonyl (C=O) groups excluding carboxylic acids is 1. The van der Waals surface area contributed by atoms with Crippen LogP contribution in [0.4, 0.5) is 0 Å². The van der Waals surface area contributed by atoms with Crippen LogP contribution in [-0.2, 0) is 10.5 Å². The van der Waals surface area contributed by atoms with E-state index >= 15 is 0 Å². The number of benzene rings is 2. The highest BCUT2D eigenvalue weighted by Crippen LogP contribution is 2.25. The maximum atomic E-state index is 12.1. The zero-order chi connectivity index (χ0) is 19.8. The molecule has 142 valence electrons. The van der Waals surface area contributed by atoms with Gasteiger partial charge in [0.25, 0.3) is 5.91 Å². The molecule has 0 saturated carbocycles. The molecule has 0 spiro atoms. The molecule has 0 radical (unpaired) electrons. The number of carboxylic acids is 1. The van der Waals surface area contributed by atoms with E-state index in [9.17, 15) is 9.59 Å². The van der Waals surface area contributed by atoms with Gasteiger partial charge < -0.3 is 9.84 Å². The monoisotopic (exact) mass is 406 g/mol. The van der Waals surface area contributed by atoms with Gasteiger partial charge in [-0.3, -0.25) is 9.59 Å². The lowest BCUT2D eigenvalue weighted by Crippen LogP contribution is -2.19. The summed E-state index contributed by atoms with van der Waals surface area (Å²) in [6.07, 6.45) is 0. The van der Waals surface area contributed by atoms with Crippen LogP contribution in [0.3, 0.4) is 0 Å². The van der Waals surface area contributed by atoms with Gasteiger partial charge in [0.15, 0.2) is 0 Å².